The summed E-state index contributed by atoms with van der Waals surface area (Å²) in [5.74, 6) is 0.341. The quantitative estimate of drug-likeness (QED) is 0.652. The van der Waals surface area contributed by atoms with Crippen LogP contribution in [0.15, 0.2) is 53.1 Å². The predicted molar refractivity (Wildman–Crippen MR) is 93.4 cm³/mol. The zero-order chi connectivity index (χ0) is 20.3. The van der Waals surface area contributed by atoms with Gasteiger partial charge in [-0.2, -0.15) is 4.98 Å². The van der Waals surface area contributed by atoms with Crippen LogP contribution in [-0.2, 0) is 6.54 Å². The van der Waals surface area contributed by atoms with E-state index in [9.17, 15) is 18.0 Å². The van der Waals surface area contributed by atoms with Crippen LogP contribution in [0.5, 0.6) is 5.75 Å². The summed E-state index contributed by atoms with van der Waals surface area (Å²) in [6.07, 6.45) is -4.74. The number of ether oxygens (including phenoxy) is 1. The molecule has 0 aliphatic rings. The number of carbonyl (C=O) groups is 1. The molecule has 1 heterocycles. The molecular weight excluding hydrogens is 375 g/mol. The normalized spacial score (nSPS) is 11.3. The van der Waals surface area contributed by atoms with Crippen molar-refractivity contribution in [2.24, 2.45) is 0 Å². The Hall–Kier alpha value is -3.36. The minimum atomic E-state index is -4.74. The maximum Gasteiger partial charge on any atom is 0.573 e. The van der Waals surface area contributed by atoms with Crippen molar-refractivity contribution >= 4 is 5.91 Å². The lowest BCUT2D eigenvalue weighted by Crippen LogP contribution is -2.26. The fourth-order valence-electron chi connectivity index (χ4n) is 2.53. The lowest BCUT2D eigenvalue weighted by molar-refractivity contribution is -0.274. The molecule has 0 atom stereocenters. The molecular formula is C19H16F3N3O3. The third-order valence-electron chi connectivity index (χ3n) is 3.83. The van der Waals surface area contributed by atoms with Crippen LogP contribution in [0.25, 0.3) is 11.5 Å². The number of carbonyl (C=O) groups excluding carboxylic acids is 1. The maximum atomic E-state index is 12.6. The van der Waals surface area contributed by atoms with E-state index in [2.05, 4.69) is 14.9 Å². The van der Waals surface area contributed by atoms with Crippen molar-refractivity contribution in [2.45, 2.75) is 19.8 Å². The van der Waals surface area contributed by atoms with Gasteiger partial charge in [-0.05, 0) is 48.9 Å². The second-order valence-electron chi connectivity index (χ2n) is 6.08. The summed E-state index contributed by atoms with van der Waals surface area (Å²) in [7, 11) is 1.61. The highest BCUT2D eigenvalue weighted by molar-refractivity contribution is 5.94. The van der Waals surface area contributed by atoms with Gasteiger partial charge in [0.1, 0.15) is 5.75 Å². The first-order valence-corrected chi connectivity index (χ1v) is 8.22. The van der Waals surface area contributed by atoms with Crippen LogP contribution in [-0.4, -0.2) is 34.4 Å². The molecule has 0 bridgehead atoms. The number of halogens is 3. The Balaban J connectivity index is 1.64. The fraction of sp³-hybridized carbons (Fsp3) is 0.211. The van der Waals surface area contributed by atoms with Gasteiger partial charge in [-0.3, -0.25) is 4.79 Å². The van der Waals surface area contributed by atoms with E-state index < -0.39 is 6.36 Å². The Morgan fingerprint density at radius 3 is 2.29 bits per heavy atom. The summed E-state index contributed by atoms with van der Waals surface area (Å²) in [5.41, 5.74) is 1.82. The van der Waals surface area contributed by atoms with E-state index in [0.717, 1.165) is 0 Å². The van der Waals surface area contributed by atoms with Gasteiger partial charge in [-0.15, -0.1) is 13.2 Å². The highest BCUT2D eigenvalue weighted by atomic mass is 19.4. The molecule has 0 aliphatic heterocycles. The highest BCUT2D eigenvalue weighted by Gasteiger charge is 2.31. The Kier molecular flexibility index (Phi) is 5.34. The minimum Gasteiger partial charge on any atom is -0.406 e. The molecule has 3 rings (SSSR count). The van der Waals surface area contributed by atoms with Gasteiger partial charge < -0.3 is 14.2 Å². The average molecular weight is 391 g/mol. The first-order valence-electron chi connectivity index (χ1n) is 8.22. The van der Waals surface area contributed by atoms with Gasteiger partial charge in [0.2, 0.25) is 0 Å². The number of alkyl halides is 3. The Bertz CT molecular complexity index is 951. The predicted octanol–water partition coefficient (Wildman–Crippen LogP) is 4.22. The molecule has 2 aromatic carbocycles. The number of hydrogen-bond acceptors (Lipinski definition) is 5. The maximum absolute atomic E-state index is 12.6. The van der Waals surface area contributed by atoms with Crippen LogP contribution in [0.1, 0.15) is 21.7 Å². The van der Waals surface area contributed by atoms with Crippen molar-refractivity contribution in [1.29, 1.82) is 0 Å². The van der Waals surface area contributed by atoms with Crippen molar-refractivity contribution in [1.82, 2.24) is 15.0 Å². The monoisotopic (exact) mass is 391 g/mol. The number of nitrogens with zero attached hydrogens (tertiary/aromatic N) is 3. The molecule has 3 aromatic rings. The molecule has 0 unspecified atom stereocenters. The van der Waals surface area contributed by atoms with E-state index in [4.69, 9.17) is 4.52 Å². The van der Waals surface area contributed by atoms with Gasteiger partial charge in [-0.1, -0.05) is 17.3 Å². The summed E-state index contributed by atoms with van der Waals surface area (Å²) in [5, 5.41) is 3.72. The van der Waals surface area contributed by atoms with Gasteiger partial charge in [0, 0.05) is 24.7 Å². The number of benzene rings is 2. The molecule has 0 radical (unpaired) electrons. The van der Waals surface area contributed by atoms with Crippen LogP contribution in [0.3, 0.4) is 0 Å². The van der Waals surface area contributed by atoms with Gasteiger partial charge >= 0.3 is 6.36 Å². The lowest BCUT2D eigenvalue weighted by atomic mass is 10.1. The molecule has 0 N–H and O–H groups in total. The number of aryl methyl sites for hydroxylation is 1. The molecule has 1 aromatic heterocycles. The largest absolute Gasteiger partial charge is 0.573 e. The molecule has 0 aliphatic carbocycles. The molecule has 6 nitrogen and oxygen atoms in total. The number of amides is 1. The summed E-state index contributed by atoms with van der Waals surface area (Å²) < 4.78 is 45.5. The summed E-state index contributed by atoms with van der Waals surface area (Å²) in [6, 6.07) is 12.1. The molecule has 0 saturated heterocycles. The van der Waals surface area contributed by atoms with Crippen molar-refractivity contribution in [3.05, 3.63) is 65.5 Å². The van der Waals surface area contributed by atoms with Gasteiger partial charge in [0.05, 0.1) is 0 Å². The van der Waals surface area contributed by atoms with Crippen LogP contribution in [0.4, 0.5) is 13.2 Å². The SMILES string of the molecule is Cc1noc(-c2ccc(C(=O)N(C)Cc3ccc(OC(F)(F)F)cc3)cc2)n1. The van der Waals surface area contributed by atoms with Crippen molar-refractivity contribution < 1.29 is 27.2 Å². The number of rotatable bonds is 5. The molecule has 146 valence electrons. The van der Waals surface area contributed by atoms with Crippen LogP contribution >= 0.6 is 0 Å². The van der Waals surface area contributed by atoms with Crippen LogP contribution < -0.4 is 4.74 Å². The summed E-state index contributed by atoms with van der Waals surface area (Å²) >= 11 is 0. The second kappa shape index (κ2) is 7.71. The zero-order valence-electron chi connectivity index (χ0n) is 15.0. The number of hydrogen-bond donors (Lipinski definition) is 0. The summed E-state index contributed by atoms with van der Waals surface area (Å²) in [4.78, 5) is 18.1. The smallest absolute Gasteiger partial charge is 0.406 e. The lowest BCUT2D eigenvalue weighted by Gasteiger charge is -2.18. The third kappa shape index (κ3) is 4.87. The van der Waals surface area contributed by atoms with Crippen LogP contribution in [0.2, 0.25) is 0 Å². The zero-order valence-corrected chi connectivity index (χ0v) is 15.0. The summed E-state index contributed by atoms with van der Waals surface area (Å²) in [6.45, 7) is 1.94. The molecule has 1 amide bonds. The van der Waals surface area contributed by atoms with E-state index >= 15 is 0 Å². The van der Waals surface area contributed by atoms with Gasteiger partial charge in [0.25, 0.3) is 11.8 Å². The third-order valence-corrected chi connectivity index (χ3v) is 3.83. The number of aromatic nitrogens is 2. The van der Waals surface area contributed by atoms with E-state index in [-0.39, 0.29) is 18.2 Å². The molecule has 28 heavy (non-hydrogen) atoms. The first-order chi connectivity index (χ1) is 13.2. The van der Waals surface area contributed by atoms with Gasteiger partial charge in [0.15, 0.2) is 5.82 Å². The Labute approximate surface area is 158 Å². The second-order valence-corrected chi connectivity index (χ2v) is 6.08. The van der Waals surface area contributed by atoms with E-state index in [1.54, 1.807) is 38.2 Å². The van der Waals surface area contributed by atoms with E-state index in [1.165, 1.54) is 29.2 Å². The van der Waals surface area contributed by atoms with Crippen molar-refractivity contribution in [2.75, 3.05) is 7.05 Å². The van der Waals surface area contributed by atoms with Gasteiger partial charge in [-0.25, -0.2) is 0 Å². The topological polar surface area (TPSA) is 68.5 Å². The average Bonchev–Trinajstić information content (AvgIpc) is 3.08. The molecule has 0 saturated carbocycles. The van der Waals surface area contributed by atoms with Crippen molar-refractivity contribution in [3.8, 4) is 17.2 Å². The molecule has 9 heteroatoms. The van der Waals surface area contributed by atoms with E-state index in [0.29, 0.717) is 28.4 Å². The fourth-order valence-corrected chi connectivity index (χ4v) is 2.53. The standard InChI is InChI=1S/C19H16F3N3O3/c1-12-23-17(28-24-12)14-5-7-15(8-6-14)18(26)25(2)11-13-3-9-16(10-4-13)27-19(20,21)22/h3-10H,11H2,1-2H3. The highest BCUT2D eigenvalue weighted by Crippen LogP contribution is 2.23. The first kappa shape index (κ1) is 19.4. The Morgan fingerprint density at radius 1 is 1.11 bits per heavy atom. The minimum absolute atomic E-state index is 0.232. The van der Waals surface area contributed by atoms with Crippen molar-refractivity contribution in [3.63, 3.8) is 0 Å². The van der Waals surface area contributed by atoms with Crippen LogP contribution in [0, 0.1) is 6.92 Å². The molecule has 0 spiro atoms. The van der Waals surface area contributed by atoms with E-state index in [1.807, 2.05) is 0 Å². The Morgan fingerprint density at radius 2 is 1.75 bits per heavy atom. The molecule has 0 fully saturated rings.